The molecule has 11 nitrogen and oxygen atoms in total. The summed E-state index contributed by atoms with van der Waals surface area (Å²) in [5.41, 5.74) is 2.01. The zero-order valence-corrected chi connectivity index (χ0v) is 29.4. The number of aliphatic hydroxyl groups is 1. The lowest BCUT2D eigenvalue weighted by Gasteiger charge is -2.31. The quantitative estimate of drug-likeness (QED) is 0.0803. The second-order valence-electron chi connectivity index (χ2n) is 12.0. The Hall–Kier alpha value is -3.17. The van der Waals surface area contributed by atoms with Gasteiger partial charge < -0.3 is 19.1 Å². The molecule has 0 saturated carbocycles. The van der Waals surface area contributed by atoms with E-state index in [1.54, 1.807) is 35.8 Å². The molecule has 47 heavy (non-hydrogen) atoms. The Morgan fingerprint density at radius 2 is 1.94 bits per heavy atom. The predicted molar refractivity (Wildman–Crippen MR) is 184 cm³/mol. The molecule has 1 fully saturated rings. The lowest BCUT2D eigenvalue weighted by Crippen LogP contribution is -2.44. The number of thioether (sulfide) groups is 1. The fourth-order valence-electron chi connectivity index (χ4n) is 6.69. The molecule has 248 valence electrons. The van der Waals surface area contributed by atoms with Gasteiger partial charge in [-0.2, -0.15) is 0 Å². The SMILES string of the molecule is CCc1c2c(nc3ccc(OC(=O)CCCCCN4C(=O)CC(SC(P)P)C4=O)cc13)-c1cc3c(c(=O)n1C2)COC(=O)[C@]3(O)CC. The highest BCUT2D eigenvalue weighted by Gasteiger charge is 2.45. The summed E-state index contributed by atoms with van der Waals surface area (Å²) in [6.45, 7) is 4.13. The molecule has 0 aliphatic carbocycles. The first kappa shape index (κ1) is 33.7. The first-order chi connectivity index (χ1) is 22.5. The van der Waals surface area contributed by atoms with Gasteiger partial charge in [0.15, 0.2) is 5.60 Å². The molecule has 1 aromatic carbocycles. The average molecular weight is 698 g/mol. The zero-order chi connectivity index (χ0) is 33.6. The van der Waals surface area contributed by atoms with Crippen molar-refractivity contribution in [1.29, 1.82) is 0 Å². The molecule has 2 aromatic heterocycles. The highest BCUT2D eigenvalue weighted by molar-refractivity contribution is 8.08. The van der Waals surface area contributed by atoms with Crippen LogP contribution in [0.4, 0.5) is 0 Å². The van der Waals surface area contributed by atoms with Crippen LogP contribution in [0.1, 0.15) is 74.6 Å². The van der Waals surface area contributed by atoms with Crippen LogP contribution in [0.25, 0.3) is 22.3 Å². The number of carbonyl (C=O) groups is 4. The highest BCUT2D eigenvalue weighted by Crippen LogP contribution is 2.41. The third kappa shape index (κ3) is 6.14. The minimum Gasteiger partial charge on any atom is -0.458 e. The van der Waals surface area contributed by atoms with E-state index in [9.17, 15) is 29.1 Å². The Labute approximate surface area is 280 Å². The van der Waals surface area contributed by atoms with Crippen molar-refractivity contribution in [2.45, 2.75) is 87.5 Å². The number of aromatic nitrogens is 2. The Kier molecular flexibility index (Phi) is 9.60. The lowest BCUT2D eigenvalue weighted by atomic mass is 9.86. The van der Waals surface area contributed by atoms with Gasteiger partial charge in [-0.15, -0.1) is 30.2 Å². The molecule has 3 aromatic rings. The van der Waals surface area contributed by atoms with Crippen molar-refractivity contribution in [3.63, 3.8) is 0 Å². The number of carbonyl (C=O) groups excluding carboxylic acids is 4. The van der Waals surface area contributed by atoms with Crippen LogP contribution in [0.2, 0.25) is 0 Å². The van der Waals surface area contributed by atoms with Crippen LogP contribution in [0.3, 0.4) is 0 Å². The maximum absolute atomic E-state index is 13.6. The first-order valence-electron chi connectivity index (χ1n) is 15.8. The molecule has 6 rings (SSSR count). The van der Waals surface area contributed by atoms with Gasteiger partial charge in [0.2, 0.25) is 11.8 Å². The number of pyridine rings is 2. The summed E-state index contributed by atoms with van der Waals surface area (Å²) in [7, 11) is 5.20. The van der Waals surface area contributed by atoms with Crippen molar-refractivity contribution in [3.05, 3.63) is 56.9 Å². The van der Waals surface area contributed by atoms with Crippen molar-refractivity contribution >= 4 is 64.9 Å². The van der Waals surface area contributed by atoms with Crippen LogP contribution < -0.4 is 10.3 Å². The van der Waals surface area contributed by atoms with Crippen LogP contribution in [0, 0.1) is 0 Å². The van der Waals surface area contributed by atoms with Crippen LogP contribution in [0.5, 0.6) is 5.75 Å². The van der Waals surface area contributed by atoms with Crippen LogP contribution in [0.15, 0.2) is 29.1 Å². The van der Waals surface area contributed by atoms with Crippen LogP contribution in [-0.4, -0.2) is 59.8 Å². The Morgan fingerprint density at radius 1 is 1.15 bits per heavy atom. The molecular weight excluding hydrogens is 660 g/mol. The summed E-state index contributed by atoms with van der Waals surface area (Å²) in [4.78, 5) is 69.8. The number of rotatable bonds is 11. The Bertz CT molecular complexity index is 1880. The number of ether oxygens (including phenoxy) is 2. The van der Waals surface area contributed by atoms with Crippen molar-refractivity contribution in [2.24, 2.45) is 0 Å². The highest BCUT2D eigenvalue weighted by atomic mass is 32.2. The second kappa shape index (κ2) is 13.4. The van der Waals surface area contributed by atoms with Crippen molar-refractivity contribution in [2.75, 3.05) is 6.54 Å². The molecule has 3 aliphatic heterocycles. The number of fused-ring (bicyclic) bond motifs is 5. The number of esters is 2. The summed E-state index contributed by atoms with van der Waals surface area (Å²) < 4.78 is 12.6. The van der Waals surface area contributed by atoms with E-state index in [2.05, 4.69) is 18.5 Å². The topological polar surface area (TPSA) is 145 Å². The van der Waals surface area contributed by atoms with E-state index in [1.807, 2.05) is 6.92 Å². The van der Waals surface area contributed by atoms with E-state index in [-0.39, 0.29) is 76.9 Å². The maximum atomic E-state index is 13.6. The van der Waals surface area contributed by atoms with E-state index in [1.165, 1.54) is 16.7 Å². The Morgan fingerprint density at radius 3 is 2.66 bits per heavy atom. The summed E-state index contributed by atoms with van der Waals surface area (Å²) in [6.07, 6.45) is 2.99. The number of aryl methyl sites for hydroxylation is 1. The van der Waals surface area contributed by atoms with Crippen LogP contribution in [-0.2, 0) is 49.1 Å². The van der Waals surface area contributed by atoms with Crippen molar-refractivity contribution < 1.29 is 33.8 Å². The normalized spacial score (nSPS) is 20.1. The van der Waals surface area contributed by atoms with Gasteiger partial charge in [-0.3, -0.25) is 24.1 Å². The van der Waals surface area contributed by atoms with E-state index >= 15 is 0 Å². The number of unbranched alkanes of at least 4 members (excludes halogenated alkanes) is 2. The third-order valence-corrected chi connectivity index (χ3v) is 11.1. The van der Waals surface area contributed by atoms with Crippen LogP contribution >= 0.6 is 30.2 Å². The van der Waals surface area contributed by atoms with Gasteiger partial charge in [-0.25, -0.2) is 9.78 Å². The summed E-state index contributed by atoms with van der Waals surface area (Å²) in [5, 5.41) is 11.6. The standard InChI is InChI=1S/C33H37N3O8P2S/c1-3-18-19-12-17(44-27(38)8-6-5-7-11-35-26(37)14-25(30(35)40)47-32(45)46)9-10-23(19)34-28-20(18)15-36-24(28)13-22-21(29(36)39)16-43-31(41)33(22,42)4-2/h9-10,12-13,25,32,42H,3-8,11,14-16,45-46H2,1-2H3/t25?,33-/m0/s1. The molecule has 4 atom stereocenters. The van der Waals surface area contributed by atoms with Gasteiger partial charge in [0.05, 0.1) is 34.3 Å². The minimum atomic E-state index is -1.89. The lowest BCUT2D eigenvalue weighted by molar-refractivity contribution is -0.172. The fourth-order valence-corrected chi connectivity index (χ4v) is 8.69. The van der Waals surface area contributed by atoms with E-state index in [4.69, 9.17) is 14.5 Å². The number of nitrogens with zero attached hydrogens (tertiary/aromatic N) is 3. The van der Waals surface area contributed by atoms with Gasteiger partial charge in [0.25, 0.3) is 5.56 Å². The summed E-state index contributed by atoms with van der Waals surface area (Å²) in [6, 6.07) is 6.96. The maximum Gasteiger partial charge on any atom is 0.343 e. The van der Waals surface area contributed by atoms with Gasteiger partial charge in [-0.1, -0.05) is 20.3 Å². The molecular formula is C33H37N3O8P2S. The molecule has 2 amide bonds. The molecule has 0 spiro atoms. The number of imide groups is 1. The predicted octanol–water partition coefficient (Wildman–Crippen LogP) is 4.00. The van der Waals surface area contributed by atoms with Crippen molar-refractivity contribution in [1.82, 2.24) is 14.5 Å². The third-order valence-electron chi connectivity index (χ3n) is 9.15. The smallest absolute Gasteiger partial charge is 0.343 e. The minimum absolute atomic E-state index is 0.0686. The van der Waals surface area contributed by atoms with E-state index in [0.29, 0.717) is 54.9 Å². The average Bonchev–Trinajstić information content (AvgIpc) is 3.53. The number of amides is 2. The number of cyclic esters (lactones) is 1. The molecule has 5 heterocycles. The second-order valence-corrected chi connectivity index (χ2v) is 16.6. The molecule has 0 bridgehead atoms. The number of hydrogen-bond acceptors (Lipinski definition) is 10. The Balaban J connectivity index is 1.13. The van der Waals surface area contributed by atoms with Gasteiger partial charge in [-0.05, 0) is 55.5 Å². The number of benzene rings is 1. The van der Waals surface area contributed by atoms with Crippen molar-refractivity contribution in [3.8, 4) is 17.1 Å². The molecule has 1 N–H and O–H groups in total. The fraction of sp³-hybridized carbons (Fsp3) is 0.455. The van der Waals surface area contributed by atoms with Gasteiger partial charge in [0, 0.05) is 40.6 Å². The van der Waals surface area contributed by atoms with Gasteiger partial charge in [0.1, 0.15) is 12.4 Å². The molecule has 1 saturated heterocycles. The van der Waals surface area contributed by atoms with E-state index < -0.39 is 11.6 Å². The zero-order valence-electron chi connectivity index (χ0n) is 26.2. The molecule has 14 heteroatoms. The summed E-state index contributed by atoms with van der Waals surface area (Å²) >= 11 is 1.45. The molecule has 3 aliphatic rings. The first-order valence-corrected chi connectivity index (χ1v) is 18.1. The largest absolute Gasteiger partial charge is 0.458 e. The molecule has 3 unspecified atom stereocenters. The number of hydrogen-bond donors (Lipinski definition) is 1. The monoisotopic (exact) mass is 697 g/mol. The molecule has 0 radical (unpaired) electrons. The number of likely N-dealkylation sites (tertiary alicyclic amines) is 1. The van der Waals surface area contributed by atoms with Gasteiger partial charge >= 0.3 is 11.9 Å². The summed E-state index contributed by atoms with van der Waals surface area (Å²) in [5.74, 6) is -1.03. The van der Waals surface area contributed by atoms with E-state index in [0.717, 1.165) is 16.5 Å².